The molecule has 0 fully saturated rings. The largest absolute Gasteiger partial charge is 0.381 e. The van der Waals surface area contributed by atoms with Gasteiger partial charge in [-0.05, 0) is 18.4 Å². The number of hydrogen-bond donors (Lipinski definition) is 1. The highest BCUT2D eigenvalue weighted by Gasteiger charge is 2.08. The Kier molecular flexibility index (Phi) is 2.17. The summed E-state index contributed by atoms with van der Waals surface area (Å²) >= 11 is 1.59. The van der Waals surface area contributed by atoms with Gasteiger partial charge in [0.2, 0.25) is 0 Å². The van der Waals surface area contributed by atoms with Crippen LogP contribution in [-0.2, 0) is 0 Å². The van der Waals surface area contributed by atoms with Crippen molar-refractivity contribution in [2.75, 3.05) is 5.73 Å². The molecule has 0 saturated carbocycles. The molecule has 0 saturated heterocycles. The molecule has 0 aliphatic heterocycles. The number of aromatic nitrogens is 2. The molecule has 2 N–H and O–H groups in total. The molecule has 0 aliphatic carbocycles. The number of nitrogen functional groups attached to an aromatic ring is 1. The van der Waals surface area contributed by atoms with E-state index in [4.69, 9.17) is 5.73 Å². The molecule has 14 heavy (non-hydrogen) atoms. The predicted octanol–water partition coefficient (Wildman–Crippen LogP) is 2.23. The van der Waals surface area contributed by atoms with Gasteiger partial charge < -0.3 is 5.73 Å². The molecule has 0 radical (unpaired) electrons. The van der Waals surface area contributed by atoms with E-state index in [1.165, 1.54) is 0 Å². The van der Waals surface area contributed by atoms with Crippen LogP contribution in [0, 0.1) is 12.7 Å². The van der Waals surface area contributed by atoms with E-state index in [-0.39, 0.29) is 5.82 Å². The maximum absolute atomic E-state index is 12.8. The molecular formula is C9H8FN3S. The van der Waals surface area contributed by atoms with Gasteiger partial charge in [0.05, 0.1) is 6.20 Å². The summed E-state index contributed by atoms with van der Waals surface area (Å²) in [6.45, 7) is 1.96. The second-order valence-corrected chi connectivity index (χ2v) is 3.94. The van der Waals surface area contributed by atoms with Crippen LogP contribution in [0.15, 0.2) is 17.6 Å². The highest BCUT2D eigenvalue weighted by molar-refractivity contribution is 7.10. The van der Waals surface area contributed by atoms with Crippen molar-refractivity contribution < 1.29 is 4.39 Å². The van der Waals surface area contributed by atoms with Gasteiger partial charge in [0.15, 0.2) is 17.5 Å². The molecular weight excluding hydrogens is 201 g/mol. The number of rotatable bonds is 1. The van der Waals surface area contributed by atoms with E-state index in [0.717, 1.165) is 16.6 Å². The van der Waals surface area contributed by atoms with Gasteiger partial charge >= 0.3 is 0 Å². The highest BCUT2D eigenvalue weighted by Crippen LogP contribution is 2.25. The lowest BCUT2D eigenvalue weighted by molar-refractivity contribution is 0.620. The Labute approximate surface area is 84.4 Å². The van der Waals surface area contributed by atoms with Gasteiger partial charge in [-0.2, -0.15) is 0 Å². The Balaban J connectivity index is 2.53. The molecule has 2 aromatic heterocycles. The van der Waals surface area contributed by atoms with Crippen LogP contribution in [0.1, 0.15) is 4.88 Å². The van der Waals surface area contributed by atoms with Crippen molar-refractivity contribution in [3.8, 4) is 11.4 Å². The minimum atomic E-state index is -0.582. The maximum Gasteiger partial charge on any atom is 0.183 e. The molecule has 2 rings (SSSR count). The minimum Gasteiger partial charge on any atom is -0.381 e. The zero-order valence-corrected chi connectivity index (χ0v) is 8.31. The SMILES string of the molecule is Cc1sccc1-c1ncc(F)c(N)n1. The third kappa shape index (κ3) is 1.46. The second kappa shape index (κ2) is 3.34. The Morgan fingerprint density at radius 1 is 1.50 bits per heavy atom. The maximum atomic E-state index is 12.8. The normalized spacial score (nSPS) is 10.4. The molecule has 0 amide bonds. The van der Waals surface area contributed by atoms with Crippen molar-refractivity contribution in [3.05, 3.63) is 28.3 Å². The smallest absolute Gasteiger partial charge is 0.183 e. The lowest BCUT2D eigenvalue weighted by Gasteiger charge is -2.00. The number of aryl methyl sites for hydroxylation is 1. The summed E-state index contributed by atoms with van der Waals surface area (Å²) in [5.74, 6) is -0.218. The molecule has 0 atom stereocenters. The number of hydrogen-bond acceptors (Lipinski definition) is 4. The van der Waals surface area contributed by atoms with E-state index in [1.54, 1.807) is 11.3 Å². The molecule has 0 spiro atoms. The summed E-state index contributed by atoms with van der Waals surface area (Å²) < 4.78 is 12.8. The van der Waals surface area contributed by atoms with Gasteiger partial charge in [-0.25, -0.2) is 14.4 Å². The second-order valence-electron chi connectivity index (χ2n) is 2.82. The van der Waals surface area contributed by atoms with Crippen LogP contribution in [-0.4, -0.2) is 9.97 Å². The molecule has 3 nitrogen and oxygen atoms in total. The van der Waals surface area contributed by atoms with E-state index >= 15 is 0 Å². The van der Waals surface area contributed by atoms with Gasteiger partial charge in [0, 0.05) is 10.4 Å². The first kappa shape index (κ1) is 9.08. The molecule has 0 aromatic carbocycles. The van der Waals surface area contributed by atoms with Gasteiger partial charge in [0.1, 0.15) is 0 Å². The van der Waals surface area contributed by atoms with Gasteiger partial charge in [-0.15, -0.1) is 11.3 Å². The van der Waals surface area contributed by atoms with Crippen LogP contribution in [0.4, 0.5) is 10.2 Å². The van der Waals surface area contributed by atoms with Crippen LogP contribution in [0.5, 0.6) is 0 Å². The van der Waals surface area contributed by atoms with Crippen LogP contribution < -0.4 is 5.73 Å². The zero-order chi connectivity index (χ0) is 10.1. The molecule has 0 aliphatic rings. The molecule has 72 valence electrons. The van der Waals surface area contributed by atoms with E-state index < -0.39 is 5.82 Å². The lowest BCUT2D eigenvalue weighted by atomic mass is 10.2. The molecule has 2 aromatic rings. The summed E-state index contributed by atoms with van der Waals surface area (Å²) in [5, 5.41) is 1.94. The number of thiophene rings is 1. The average molecular weight is 209 g/mol. The molecule has 0 unspecified atom stereocenters. The first-order chi connectivity index (χ1) is 6.68. The quantitative estimate of drug-likeness (QED) is 0.783. The number of nitrogens with two attached hydrogens (primary N) is 1. The fourth-order valence-corrected chi connectivity index (χ4v) is 1.82. The monoisotopic (exact) mass is 209 g/mol. The summed E-state index contributed by atoms with van der Waals surface area (Å²) in [4.78, 5) is 8.85. The van der Waals surface area contributed by atoms with E-state index in [9.17, 15) is 4.39 Å². The Hall–Kier alpha value is -1.49. The number of halogens is 1. The van der Waals surface area contributed by atoms with Crippen molar-refractivity contribution in [2.45, 2.75) is 6.92 Å². The Morgan fingerprint density at radius 2 is 2.29 bits per heavy atom. The Bertz CT molecular complexity index is 467. The van der Waals surface area contributed by atoms with Crippen LogP contribution in [0.2, 0.25) is 0 Å². The van der Waals surface area contributed by atoms with Gasteiger partial charge in [-0.1, -0.05) is 0 Å². The lowest BCUT2D eigenvalue weighted by Crippen LogP contribution is -1.98. The van der Waals surface area contributed by atoms with Crippen LogP contribution >= 0.6 is 11.3 Å². The van der Waals surface area contributed by atoms with Crippen molar-refractivity contribution in [1.29, 1.82) is 0 Å². The van der Waals surface area contributed by atoms with E-state index in [0.29, 0.717) is 5.82 Å². The summed E-state index contributed by atoms with van der Waals surface area (Å²) in [5.41, 5.74) is 6.26. The summed E-state index contributed by atoms with van der Waals surface area (Å²) in [7, 11) is 0. The van der Waals surface area contributed by atoms with Crippen molar-refractivity contribution in [2.24, 2.45) is 0 Å². The number of nitrogens with zero attached hydrogens (tertiary/aromatic N) is 2. The Morgan fingerprint density at radius 3 is 2.86 bits per heavy atom. The van der Waals surface area contributed by atoms with Crippen LogP contribution in [0.3, 0.4) is 0 Å². The third-order valence-corrected chi connectivity index (χ3v) is 2.72. The number of anilines is 1. The fourth-order valence-electron chi connectivity index (χ4n) is 1.13. The zero-order valence-electron chi connectivity index (χ0n) is 7.49. The van der Waals surface area contributed by atoms with Crippen LogP contribution in [0.25, 0.3) is 11.4 Å². The highest BCUT2D eigenvalue weighted by atomic mass is 32.1. The predicted molar refractivity (Wildman–Crippen MR) is 54.5 cm³/mol. The van der Waals surface area contributed by atoms with Gasteiger partial charge in [0.25, 0.3) is 0 Å². The summed E-state index contributed by atoms with van der Waals surface area (Å²) in [6, 6.07) is 1.90. The molecule has 5 heteroatoms. The van der Waals surface area contributed by atoms with Crippen molar-refractivity contribution >= 4 is 17.2 Å². The van der Waals surface area contributed by atoms with E-state index in [2.05, 4.69) is 9.97 Å². The standard InChI is InChI=1S/C9H8FN3S/c1-5-6(2-3-14-5)9-12-4-7(10)8(11)13-9/h2-4H,1H3,(H2,11,12,13). The topological polar surface area (TPSA) is 51.8 Å². The van der Waals surface area contributed by atoms with Crippen molar-refractivity contribution in [1.82, 2.24) is 9.97 Å². The fraction of sp³-hybridized carbons (Fsp3) is 0.111. The third-order valence-electron chi connectivity index (χ3n) is 1.87. The first-order valence-corrected chi connectivity index (χ1v) is 4.89. The van der Waals surface area contributed by atoms with Crippen molar-refractivity contribution in [3.63, 3.8) is 0 Å². The summed E-state index contributed by atoms with van der Waals surface area (Å²) in [6.07, 6.45) is 1.09. The molecule has 0 bridgehead atoms. The first-order valence-electron chi connectivity index (χ1n) is 4.01. The molecule has 2 heterocycles. The van der Waals surface area contributed by atoms with Gasteiger partial charge in [-0.3, -0.25) is 0 Å². The van der Waals surface area contributed by atoms with E-state index in [1.807, 2.05) is 18.4 Å². The minimum absolute atomic E-state index is 0.111. The average Bonchev–Trinajstić information content (AvgIpc) is 2.57.